The largest absolute Gasteiger partial charge is 1.00 e. The van der Waals surface area contributed by atoms with Gasteiger partial charge in [0, 0.05) is 28.5 Å². The van der Waals surface area contributed by atoms with Crippen LogP contribution in [-0.4, -0.2) is 10.6 Å². The van der Waals surface area contributed by atoms with E-state index in [0.717, 1.165) is 0 Å². The summed E-state index contributed by atoms with van der Waals surface area (Å²) in [6, 6.07) is 59.5. The van der Waals surface area contributed by atoms with Gasteiger partial charge >= 0.3 is 18.9 Å². The second kappa shape index (κ2) is 15.5. The minimum atomic E-state index is 0. The summed E-state index contributed by atoms with van der Waals surface area (Å²) < 4.78 is 2.30. The molecule has 236 valence electrons. The topological polar surface area (TPSA) is 8.17 Å². The summed E-state index contributed by atoms with van der Waals surface area (Å²) in [5.74, 6) is 1.79. The van der Waals surface area contributed by atoms with Gasteiger partial charge in [0.25, 0.3) is 0 Å². The molecule has 0 fully saturated rings. The molecule has 2 atom stereocenters. The SMILES string of the molecule is C[C-](C)C.[Li+].[c-]1ccc(C2=CC3c4ccccc4N(c4ccccc4)C3C=C2)cc1.[c-]1ccc2c(c1)c1ccccc1n2-c1ccccc1. The maximum absolute atomic E-state index is 3.18. The maximum atomic E-state index is 3.18. The molecule has 1 aliphatic carbocycles. The fourth-order valence-electron chi connectivity index (χ4n) is 6.73. The molecule has 1 aromatic heterocycles. The molecule has 0 spiro atoms. The summed E-state index contributed by atoms with van der Waals surface area (Å²) in [7, 11) is 0. The van der Waals surface area contributed by atoms with Crippen LogP contribution in [0.5, 0.6) is 0 Å². The molecule has 6 aromatic carbocycles. The Labute approximate surface area is 303 Å². The van der Waals surface area contributed by atoms with Gasteiger partial charge in [-0.15, -0.1) is 17.0 Å². The van der Waals surface area contributed by atoms with Gasteiger partial charge < -0.3 is 15.4 Å². The van der Waals surface area contributed by atoms with Crippen LogP contribution in [-0.2, 0) is 0 Å². The quantitative estimate of drug-likeness (QED) is 0.140. The van der Waals surface area contributed by atoms with E-state index in [1.807, 2.05) is 24.3 Å². The molecule has 0 amide bonds. The average Bonchev–Trinajstić information content (AvgIpc) is 3.65. The molecule has 0 saturated heterocycles. The molecule has 7 aromatic rings. The molecule has 0 radical (unpaired) electrons. The normalized spacial score (nSPS) is 15.7. The second-order valence-electron chi connectivity index (χ2n) is 12.7. The summed E-state index contributed by atoms with van der Waals surface area (Å²) >= 11 is 0. The van der Waals surface area contributed by atoms with Crippen molar-refractivity contribution in [1.82, 2.24) is 4.57 Å². The van der Waals surface area contributed by atoms with Gasteiger partial charge in [-0.05, 0) is 52.9 Å². The molecule has 2 aliphatic rings. The van der Waals surface area contributed by atoms with E-state index in [1.54, 1.807) is 0 Å². The predicted octanol–water partition coefficient (Wildman–Crippen LogP) is 8.95. The zero-order valence-electron chi connectivity index (χ0n) is 28.7. The third kappa shape index (κ3) is 7.08. The van der Waals surface area contributed by atoms with Crippen molar-refractivity contribution in [3.8, 4) is 5.69 Å². The predicted molar refractivity (Wildman–Crippen MR) is 204 cm³/mol. The fourth-order valence-corrected chi connectivity index (χ4v) is 6.73. The van der Waals surface area contributed by atoms with Crippen LogP contribution in [0.3, 0.4) is 0 Å². The molecular weight excluding hydrogens is 587 g/mol. The number of anilines is 2. The van der Waals surface area contributed by atoms with Crippen molar-refractivity contribution in [2.24, 2.45) is 0 Å². The number of para-hydroxylation sites is 4. The third-order valence-electron chi connectivity index (χ3n) is 8.67. The summed E-state index contributed by atoms with van der Waals surface area (Å²) in [5, 5.41) is 2.53. The van der Waals surface area contributed by atoms with Gasteiger partial charge in [0.15, 0.2) is 0 Å². The zero-order valence-corrected chi connectivity index (χ0v) is 28.7. The van der Waals surface area contributed by atoms with Gasteiger partial charge in [-0.3, -0.25) is 0 Å². The van der Waals surface area contributed by atoms with E-state index in [-0.39, 0.29) is 18.9 Å². The van der Waals surface area contributed by atoms with Crippen LogP contribution in [0.25, 0.3) is 33.1 Å². The molecule has 3 heteroatoms. The van der Waals surface area contributed by atoms with E-state index < -0.39 is 0 Å². The number of allylic oxidation sites excluding steroid dienone is 2. The molecule has 1 aliphatic heterocycles. The van der Waals surface area contributed by atoms with Gasteiger partial charge in [-0.2, -0.15) is 69.3 Å². The van der Waals surface area contributed by atoms with Crippen molar-refractivity contribution in [3.63, 3.8) is 0 Å². The van der Waals surface area contributed by atoms with Crippen molar-refractivity contribution < 1.29 is 18.9 Å². The van der Waals surface area contributed by atoms with E-state index in [9.17, 15) is 0 Å². The average molecular weight is 627 g/mol. The number of aromatic nitrogens is 1. The molecule has 0 saturated carbocycles. The maximum Gasteiger partial charge on any atom is 1.00 e. The number of hydrogen-bond donors (Lipinski definition) is 0. The minimum Gasteiger partial charge on any atom is -0.334 e. The Bertz CT molecular complexity index is 2120. The van der Waals surface area contributed by atoms with Gasteiger partial charge in [-0.25, -0.2) is 0 Å². The van der Waals surface area contributed by atoms with Crippen molar-refractivity contribution in [2.75, 3.05) is 4.90 Å². The summed E-state index contributed by atoms with van der Waals surface area (Å²) in [6.07, 6.45) is 7.03. The standard InChI is InChI=1S/C24H18N.C18H12N.C4H9.Li/c1-3-9-18(10-4-1)19-15-16-24-22(17-19)21-13-7-8-14-23(21)25(24)20-11-5-2-6-12-20;1-2-8-14(9-3-1)19-17-12-6-4-10-15(17)16-11-5-7-13-18(16)19;1-4(2)3;/h2-17,22,24H;1-4,6-13H;1-3H3;/q3*-1;+1. The summed E-state index contributed by atoms with van der Waals surface area (Å²) in [5.41, 5.74) is 10.2. The Morgan fingerprint density at radius 1 is 0.592 bits per heavy atom. The molecule has 49 heavy (non-hydrogen) atoms. The molecule has 0 bridgehead atoms. The van der Waals surface area contributed by atoms with Crippen molar-refractivity contribution in [3.05, 3.63) is 199 Å². The number of hydrogen-bond acceptors (Lipinski definition) is 1. The van der Waals surface area contributed by atoms with Crippen LogP contribution in [0, 0.1) is 18.1 Å². The van der Waals surface area contributed by atoms with E-state index >= 15 is 0 Å². The van der Waals surface area contributed by atoms with Crippen molar-refractivity contribution >= 4 is 38.8 Å². The summed E-state index contributed by atoms with van der Waals surface area (Å²) in [4.78, 5) is 2.46. The van der Waals surface area contributed by atoms with Crippen LogP contribution >= 0.6 is 0 Å². The molecule has 2 heterocycles. The molecule has 9 rings (SSSR count). The molecule has 2 unspecified atom stereocenters. The second-order valence-corrected chi connectivity index (χ2v) is 12.7. The number of fused-ring (bicyclic) bond motifs is 6. The number of nitrogens with zero attached hydrogens (tertiary/aromatic N) is 2. The monoisotopic (exact) mass is 626 g/mol. The third-order valence-corrected chi connectivity index (χ3v) is 8.67. The van der Waals surface area contributed by atoms with E-state index in [2.05, 4.69) is 188 Å². The van der Waals surface area contributed by atoms with Crippen LogP contribution in [0.4, 0.5) is 11.4 Å². The Morgan fingerprint density at radius 2 is 1.18 bits per heavy atom. The summed E-state index contributed by atoms with van der Waals surface area (Å²) in [6.45, 7) is 6.25. The fraction of sp³-hybridized carbons (Fsp3) is 0.109. The molecular formula is C46H39LiN2-2. The number of benzene rings is 6. The van der Waals surface area contributed by atoms with Crippen LogP contribution in [0.2, 0.25) is 0 Å². The van der Waals surface area contributed by atoms with Gasteiger partial charge in [0.1, 0.15) is 0 Å². The van der Waals surface area contributed by atoms with Gasteiger partial charge in [0.2, 0.25) is 0 Å². The van der Waals surface area contributed by atoms with E-state index in [0.29, 0.717) is 12.0 Å². The first-order chi connectivity index (χ1) is 23.6. The Kier molecular flexibility index (Phi) is 10.7. The van der Waals surface area contributed by atoms with Gasteiger partial charge in [0.05, 0.1) is 6.04 Å². The van der Waals surface area contributed by atoms with E-state index in [4.69, 9.17) is 0 Å². The van der Waals surface area contributed by atoms with Crippen LogP contribution in [0.15, 0.2) is 170 Å². The first-order valence-corrected chi connectivity index (χ1v) is 16.6. The van der Waals surface area contributed by atoms with Crippen molar-refractivity contribution in [2.45, 2.75) is 32.7 Å². The first-order valence-electron chi connectivity index (χ1n) is 16.6. The Morgan fingerprint density at radius 3 is 1.92 bits per heavy atom. The molecule has 2 nitrogen and oxygen atoms in total. The first kappa shape index (κ1) is 33.9. The number of rotatable bonds is 3. The van der Waals surface area contributed by atoms with E-state index in [1.165, 1.54) is 61.5 Å². The Hall–Kier alpha value is -5.00. The van der Waals surface area contributed by atoms with Crippen LogP contribution in [0.1, 0.15) is 37.8 Å². The van der Waals surface area contributed by atoms with Gasteiger partial charge in [-0.1, -0.05) is 96.5 Å². The zero-order chi connectivity index (χ0) is 32.9. The van der Waals surface area contributed by atoms with Crippen molar-refractivity contribution in [1.29, 1.82) is 0 Å². The Balaban J connectivity index is 0.000000155. The smallest absolute Gasteiger partial charge is 0.334 e. The van der Waals surface area contributed by atoms with Crippen LogP contribution < -0.4 is 23.8 Å². The molecule has 0 N–H and O–H groups in total. The minimum absolute atomic E-state index is 0.